The highest BCUT2D eigenvalue weighted by Crippen LogP contribution is 2.34. The quantitative estimate of drug-likeness (QED) is 0.707. The standard InChI is InChI=1S/C13H23NO3/c1-17-13(16)12(9-6-7-9)14-11-5-3-2-4-10(11)8-15/h9-12,14-15H,2-8H2,1H3. The van der Waals surface area contributed by atoms with Crippen LogP contribution in [0.15, 0.2) is 0 Å². The zero-order valence-electron chi connectivity index (χ0n) is 10.5. The van der Waals surface area contributed by atoms with Gasteiger partial charge >= 0.3 is 5.97 Å². The van der Waals surface area contributed by atoms with Crippen molar-refractivity contribution in [2.75, 3.05) is 13.7 Å². The van der Waals surface area contributed by atoms with E-state index in [0.29, 0.717) is 11.8 Å². The molecule has 0 aromatic heterocycles. The van der Waals surface area contributed by atoms with Crippen LogP contribution in [0.1, 0.15) is 38.5 Å². The Morgan fingerprint density at radius 3 is 2.65 bits per heavy atom. The second-order valence-electron chi connectivity index (χ2n) is 5.34. The van der Waals surface area contributed by atoms with Crippen LogP contribution in [0.2, 0.25) is 0 Å². The summed E-state index contributed by atoms with van der Waals surface area (Å²) in [5.74, 6) is 0.605. The van der Waals surface area contributed by atoms with E-state index in [1.165, 1.54) is 20.0 Å². The smallest absolute Gasteiger partial charge is 0.323 e. The first-order chi connectivity index (χ1) is 8.26. The zero-order valence-corrected chi connectivity index (χ0v) is 10.5. The molecule has 98 valence electrons. The van der Waals surface area contributed by atoms with Crippen molar-refractivity contribution in [2.45, 2.75) is 50.6 Å². The third-order valence-corrected chi connectivity index (χ3v) is 4.09. The van der Waals surface area contributed by atoms with Gasteiger partial charge in [0.1, 0.15) is 6.04 Å². The zero-order chi connectivity index (χ0) is 12.3. The third kappa shape index (κ3) is 3.19. The minimum atomic E-state index is -0.155. The molecule has 2 saturated carbocycles. The van der Waals surface area contributed by atoms with E-state index in [2.05, 4.69) is 5.32 Å². The van der Waals surface area contributed by atoms with E-state index in [0.717, 1.165) is 25.7 Å². The summed E-state index contributed by atoms with van der Waals surface area (Å²) in [6.45, 7) is 0.218. The van der Waals surface area contributed by atoms with Gasteiger partial charge in [-0.15, -0.1) is 0 Å². The van der Waals surface area contributed by atoms with Gasteiger partial charge in [-0.3, -0.25) is 4.79 Å². The van der Waals surface area contributed by atoms with Crippen molar-refractivity contribution in [1.82, 2.24) is 5.32 Å². The second-order valence-corrected chi connectivity index (χ2v) is 5.34. The molecule has 2 rings (SSSR count). The van der Waals surface area contributed by atoms with Gasteiger partial charge in [0.15, 0.2) is 0 Å². The molecule has 0 amide bonds. The molecule has 0 radical (unpaired) electrons. The molecule has 3 atom stereocenters. The Bertz CT molecular complexity index is 265. The Labute approximate surface area is 103 Å². The van der Waals surface area contributed by atoms with Crippen LogP contribution in [0.3, 0.4) is 0 Å². The molecule has 4 nitrogen and oxygen atoms in total. The molecule has 0 heterocycles. The Balaban J connectivity index is 1.93. The van der Waals surface area contributed by atoms with Gasteiger partial charge in [0.05, 0.1) is 7.11 Å². The van der Waals surface area contributed by atoms with Crippen LogP contribution in [0.25, 0.3) is 0 Å². The summed E-state index contributed by atoms with van der Waals surface area (Å²) >= 11 is 0. The summed E-state index contributed by atoms with van der Waals surface area (Å²) in [7, 11) is 1.45. The second kappa shape index (κ2) is 5.83. The number of esters is 1. The molecule has 4 heteroatoms. The van der Waals surface area contributed by atoms with Crippen molar-refractivity contribution < 1.29 is 14.6 Å². The molecule has 17 heavy (non-hydrogen) atoms. The molecule has 2 aliphatic carbocycles. The number of rotatable bonds is 5. The van der Waals surface area contributed by atoms with Gasteiger partial charge in [-0.05, 0) is 37.5 Å². The highest BCUT2D eigenvalue weighted by Gasteiger charge is 2.39. The summed E-state index contributed by atoms with van der Waals surface area (Å²) in [4.78, 5) is 11.7. The number of hydrogen-bond donors (Lipinski definition) is 2. The van der Waals surface area contributed by atoms with Gasteiger partial charge in [-0.25, -0.2) is 0 Å². The van der Waals surface area contributed by atoms with E-state index >= 15 is 0 Å². The number of hydrogen-bond acceptors (Lipinski definition) is 4. The summed E-state index contributed by atoms with van der Waals surface area (Å²) in [5, 5.41) is 12.8. The van der Waals surface area contributed by atoms with E-state index in [-0.39, 0.29) is 24.7 Å². The molecular formula is C13H23NO3. The van der Waals surface area contributed by atoms with Crippen molar-refractivity contribution >= 4 is 5.97 Å². The molecule has 0 bridgehead atoms. The Hall–Kier alpha value is -0.610. The molecule has 0 spiro atoms. The fraction of sp³-hybridized carbons (Fsp3) is 0.923. The molecule has 3 unspecified atom stereocenters. The highest BCUT2D eigenvalue weighted by molar-refractivity contribution is 5.76. The lowest BCUT2D eigenvalue weighted by Crippen LogP contribution is -2.50. The van der Waals surface area contributed by atoms with Crippen LogP contribution in [0.5, 0.6) is 0 Å². The maximum Gasteiger partial charge on any atom is 0.323 e. The molecule has 2 fully saturated rings. The lowest BCUT2D eigenvalue weighted by atomic mass is 9.84. The fourth-order valence-electron chi connectivity index (χ4n) is 2.83. The predicted molar refractivity (Wildman–Crippen MR) is 64.5 cm³/mol. The monoisotopic (exact) mass is 241 g/mol. The average Bonchev–Trinajstić information content (AvgIpc) is 3.19. The summed E-state index contributed by atoms with van der Waals surface area (Å²) in [6.07, 6.45) is 6.73. The van der Waals surface area contributed by atoms with Gasteiger partial charge in [-0.2, -0.15) is 0 Å². The number of carbonyl (C=O) groups is 1. The van der Waals surface area contributed by atoms with Crippen LogP contribution in [0.4, 0.5) is 0 Å². The molecule has 0 aliphatic heterocycles. The van der Waals surface area contributed by atoms with E-state index in [1.807, 2.05) is 0 Å². The molecule has 0 aromatic rings. The number of methoxy groups -OCH3 is 1. The van der Waals surface area contributed by atoms with Crippen molar-refractivity contribution in [3.05, 3.63) is 0 Å². The van der Waals surface area contributed by atoms with E-state index in [9.17, 15) is 9.90 Å². The van der Waals surface area contributed by atoms with E-state index < -0.39 is 0 Å². The minimum absolute atomic E-state index is 0.144. The van der Waals surface area contributed by atoms with E-state index in [4.69, 9.17) is 4.74 Å². The largest absolute Gasteiger partial charge is 0.468 e. The summed E-state index contributed by atoms with van der Waals surface area (Å²) in [6, 6.07) is 0.121. The van der Waals surface area contributed by atoms with Gasteiger partial charge in [0.25, 0.3) is 0 Å². The molecular weight excluding hydrogens is 218 g/mol. The van der Waals surface area contributed by atoms with Gasteiger partial charge in [0.2, 0.25) is 0 Å². The number of aliphatic hydroxyl groups excluding tert-OH is 1. The summed E-state index contributed by atoms with van der Waals surface area (Å²) < 4.78 is 4.86. The van der Waals surface area contributed by atoms with E-state index in [1.54, 1.807) is 0 Å². The third-order valence-electron chi connectivity index (χ3n) is 4.09. The summed E-state index contributed by atoms with van der Waals surface area (Å²) in [5.41, 5.74) is 0. The Morgan fingerprint density at radius 1 is 1.35 bits per heavy atom. The molecule has 2 aliphatic rings. The normalized spacial score (nSPS) is 30.9. The van der Waals surface area contributed by atoms with Gasteiger partial charge < -0.3 is 15.2 Å². The van der Waals surface area contributed by atoms with Crippen LogP contribution in [-0.2, 0) is 9.53 Å². The fourth-order valence-corrected chi connectivity index (χ4v) is 2.83. The number of nitrogens with one attached hydrogen (secondary N) is 1. The molecule has 0 aromatic carbocycles. The Morgan fingerprint density at radius 2 is 2.06 bits per heavy atom. The number of ether oxygens (including phenoxy) is 1. The maximum atomic E-state index is 11.7. The van der Waals surface area contributed by atoms with Gasteiger partial charge in [-0.1, -0.05) is 12.8 Å². The van der Waals surface area contributed by atoms with Crippen LogP contribution in [-0.4, -0.2) is 36.9 Å². The first-order valence-corrected chi connectivity index (χ1v) is 6.71. The van der Waals surface area contributed by atoms with Crippen molar-refractivity contribution in [3.63, 3.8) is 0 Å². The van der Waals surface area contributed by atoms with Crippen LogP contribution in [0, 0.1) is 11.8 Å². The topological polar surface area (TPSA) is 58.6 Å². The lowest BCUT2D eigenvalue weighted by Gasteiger charge is -2.33. The predicted octanol–water partition coefficient (Wildman–Crippen LogP) is 1.08. The van der Waals surface area contributed by atoms with Gasteiger partial charge in [0, 0.05) is 12.6 Å². The molecule has 2 N–H and O–H groups in total. The minimum Gasteiger partial charge on any atom is -0.468 e. The lowest BCUT2D eigenvalue weighted by molar-refractivity contribution is -0.144. The van der Waals surface area contributed by atoms with Crippen molar-refractivity contribution in [3.8, 4) is 0 Å². The first kappa shape index (κ1) is 12.8. The maximum absolute atomic E-state index is 11.7. The first-order valence-electron chi connectivity index (χ1n) is 6.71. The highest BCUT2D eigenvalue weighted by atomic mass is 16.5. The van der Waals surface area contributed by atoms with Crippen LogP contribution >= 0.6 is 0 Å². The average molecular weight is 241 g/mol. The number of aliphatic hydroxyl groups is 1. The molecule has 0 saturated heterocycles. The van der Waals surface area contributed by atoms with Crippen molar-refractivity contribution in [2.24, 2.45) is 11.8 Å². The van der Waals surface area contributed by atoms with Crippen LogP contribution < -0.4 is 5.32 Å². The number of carbonyl (C=O) groups excluding carboxylic acids is 1. The Kier molecular flexibility index (Phi) is 4.40. The SMILES string of the molecule is COC(=O)C(NC1CCCCC1CO)C1CC1. The van der Waals surface area contributed by atoms with Crippen molar-refractivity contribution in [1.29, 1.82) is 0 Å².